The zero-order valence-electron chi connectivity index (χ0n) is 35.4. The molecule has 0 bridgehead atoms. The first-order valence-corrected chi connectivity index (χ1v) is 19.4. The predicted octanol–water partition coefficient (Wildman–Crippen LogP) is 15.5. The summed E-state index contributed by atoms with van der Waals surface area (Å²) in [6, 6.07) is 22.0. The molecule has 49 heavy (non-hydrogen) atoms. The van der Waals surface area contributed by atoms with Crippen LogP contribution < -0.4 is 0 Å². The molecule has 0 aliphatic heterocycles. The Labute approximate surface area is 306 Å². The van der Waals surface area contributed by atoms with E-state index in [4.69, 9.17) is 0 Å². The second-order valence-corrected chi connectivity index (χ2v) is 20.3. The Morgan fingerprint density at radius 3 is 0.980 bits per heavy atom. The van der Waals surface area contributed by atoms with Gasteiger partial charge >= 0.3 is 0 Å². The van der Waals surface area contributed by atoms with Gasteiger partial charge in [0.05, 0.1) is 0 Å². The van der Waals surface area contributed by atoms with Crippen LogP contribution in [0.2, 0.25) is 0 Å². The second-order valence-electron chi connectivity index (χ2n) is 20.3. The van der Waals surface area contributed by atoms with Gasteiger partial charge in [-0.25, -0.2) is 0 Å². The number of hydrogen-bond donors (Lipinski definition) is 0. The van der Waals surface area contributed by atoms with Crippen LogP contribution in [0.25, 0.3) is 0 Å². The molecule has 3 unspecified atom stereocenters. The molecule has 1 heterocycles. The van der Waals surface area contributed by atoms with Crippen LogP contribution in [0, 0.1) is 41.4 Å². The Bertz CT molecular complexity index is 1200. The van der Waals surface area contributed by atoms with E-state index in [1.807, 2.05) is 12.4 Å². The maximum atomic E-state index is 4.02. The molecular formula is C48H79N. The maximum Gasteiger partial charge on any atom is 0.0270 e. The lowest BCUT2D eigenvalue weighted by Gasteiger charge is -2.23. The van der Waals surface area contributed by atoms with Crippen LogP contribution in [0.1, 0.15) is 188 Å². The summed E-state index contributed by atoms with van der Waals surface area (Å²) in [6.45, 7) is 38.8. The van der Waals surface area contributed by atoms with Crippen molar-refractivity contribution in [2.24, 2.45) is 27.6 Å². The van der Waals surface area contributed by atoms with Crippen molar-refractivity contribution in [3.8, 4) is 0 Å². The molecule has 0 amide bonds. The number of aryl methyl sites for hydroxylation is 2. The number of hydrogen-bond acceptors (Lipinski definition) is 1. The van der Waals surface area contributed by atoms with Crippen molar-refractivity contribution in [1.29, 1.82) is 0 Å². The predicted molar refractivity (Wildman–Crippen MR) is 221 cm³/mol. The molecule has 0 N–H and O–H groups in total. The second kappa shape index (κ2) is 19.8. The topological polar surface area (TPSA) is 12.9 Å². The summed E-state index contributed by atoms with van der Waals surface area (Å²) in [5, 5.41) is 0. The van der Waals surface area contributed by atoms with Gasteiger partial charge in [-0.15, -0.1) is 0 Å². The van der Waals surface area contributed by atoms with Crippen LogP contribution in [0.15, 0.2) is 73.1 Å². The summed E-state index contributed by atoms with van der Waals surface area (Å²) in [7, 11) is 0. The van der Waals surface area contributed by atoms with Gasteiger partial charge in [0, 0.05) is 12.4 Å². The average molecular weight is 670 g/mol. The van der Waals surface area contributed by atoms with Gasteiger partial charge in [-0.05, 0) is 114 Å². The van der Waals surface area contributed by atoms with Crippen molar-refractivity contribution in [2.75, 3.05) is 0 Å². The molecule has 0 radical (unpaired) electrons. The SMILES string of the molecule is CC(C)(C)CC1CC1.CC(CC(C)(C)C)c1ccncc1.Cc1ccc(C(C)CC(C)(C)C)cc1.Cc1ccc(C(C)CC(C)(C)C)cc1. The maximum absolute atomic E-state index is 4.02. The first kappa shape index (κ1) is 44.6. The third kappa shape index (κ3) is 23.6. The fourth-order valence-corrected chi connectivity index (χ4v) is 6.78. The Kier molecular flexibility index (Phi) is 18.1. The molecule has 1 aromatic heterocycles. The van der Waals surface area contributed by atoms with Gasteiger partial charge in [0.25, 0.3) is 0 Å². The van der Waals surface area contributed by atoms with Crippen molar-refractivity contribution in [3.05, 3.63) is 101 Å². The van der Waals surface area contributed by atoms with Crippen molar-refractivity contribution in [2.45, 2.75) is 174 Å². The molecule has 1 saturated carbocycles. The van der Waals surface area contributed by atoms with Crippen molar-refractivity contribution in [1.82, 2.24) is 4.98 Å². The third-order valence-corrected chi connectivity index (χ3v) is 8.92. The smallest absolute Gasteiger partial charge is 0.0270 e. The molecule has 1 fully saturated rings. The fourth-order valence-electron chi connectivity index (χ4n) is 6.78. The number of nitrogens with zero attached hydrogens (tertiary/aromatic N) is 1. The summed E-state index contributed by atoms with van der Waals surface area (Å²) in [6.07, 6.45) is 11.9. The van der Waals surface area contributed by atoms with E-state index in [0.717, 1.165) is 5.92 Å². The number of aromatic nitrogens is 1. The normalized spacial score (nSPS) is 15.3. The van der Waals surface area contributed by atoms with Crippen LogP contribution in [0.5, 0.6) is 0 Å². The zero-order chi connectivity index (χ0) is 37.6. The Balaban J connectivity index is 0.000000332. The largest absolute Gasteiger partial charge is 0.265 e. The van der Waals surface area contributed by atoms with Gasteiger partial charge in [-0.2, -0.15) is 0 Å². The van der Waals surface area contributed by atoms with E-state index in [-0.39, 0.29) is 0 Å². The lowest BCUT2D eigenvalue weighted by Crippen LogP contribution is -2.09. The molecule has 0 saturated heterocycles. The minimum absolute atomic E-state index is 0.405. The molecule has 1 aliphatic carbocycles. The molecule has 1 nitrogen and oxygen atoms in total. The highest BCUT2D eigenvalue weighted by atomic mass is 14.6. The van der Waals surface area contributed by atoms with Gasteiger partial charge in [0.1, 0.15) is 0 Å². The molecule has 276 valence electrons. The Hall–Kier alpha value is -2.41. The van der Waals surface area contributed by atoms with Crippen molar-refractivity contribution < 1.29 is 0 Å². The van der Waals surface area contributed by atoms with Crippen LogP contribution in [-0.2, 0) is 0 Å². The summed E-state index contributed by atoms with van der Waals surface area (Å²) in [4.78, 5) is 4.02. The molecule has 3 atom stereocenters. The van der Waals surface area contributed by atoms with E-state index in [1.54, 1.807) is 0 Å². The molecule has 1 heteroatoms. The highest BCUT2D eigenvalue weighted by Gasteiger charge is 2.26. The van der Waals surface area contributed by atoms with Crippen LogP contribution >= 0.6 is 0 Å². The number of benzene rings is 2. The molecule has 2 aromatic carbocycles. The van der Waals surface area contributed by atoms with Gasteiger partial charge in [-0.3, -0.25) is 4.98 Å². The number of rotatable bonds is 7. The van der Waals surface area contributed by atoms with Crippen LogP contribution in [0.4, 0.5) is 0 Å². The van der Waals surface area contributed by atoms with E-state index < -0.39 is 0 Å². The minimum Gasteiger partial charge on any atom is -0.265 e. The van der Waals surface area contributed by atoms with E-state index in [9.17, 15) is 0 Å². The molecule has 0 spiro atoms. The lowest BCUT2D eigenvalue weighted by atomic mass is 9.82. The first-order chi connectivity index (χ1) is 22.3. The molecule has 4 rings (SSSR count). The summed E-state index contributed by atoms with van der Waals surface area (Å²) < 4.78 is 0. The summed E-state index contributed by atoms with van der Waals surface area (Å²) in [5.74, 6) is 3.05. The van der Waals surface area contributed by atoms with E-state index >= 15 is 0 Å². The quantitative estimate of drug-likeness (QED) is 0.244. The van der Waals surface area contributed by atoms with E-state index in [0.29, 0.717) is 39.4 Å². The highest BCUT2D eigenvalue weighted by Crippen LogP contribution is 2.39. The van der Waals surface area contributed by atoms with Gasteiger partial charge < -0.3 is 0 Å². The monoisotopic (exact) mass is 670 g/mol. The standard InChI is InChI=1S/2C14H22.C12H19N.C8H16/c2*1-11-6-8-13(9-7-11)12(2)10-14(3,4)5;1-10(9-12(2,3)4)11-5-7-13-8-6-11;1-8(2,3)6-7-4-5-7/h2*6-9,12H,10H2,1-5H3;5-8,10H,9H2,1-4H3;7H,4-6H2,1-3H3. The third-order valence-electron chi connectivity index (χ3n) is 8.92. The average Bonchev–Trinajstić information content (AvgIpc) is 3.75. The van der Waals surface area contributed by atoms with Crippen LogP contribution in [0.3, 0.4) is 0 Å². The first-order valence-electron chi connectivity index (χ1n) is 19.4. The Morgan fingerprint density at radius 1 is 0.469 bits per heavy atom. The van der Waals surface area contributed by atoms with E-state index in [2.05, 4.69) is 183 Å². The van der Waals surface area contributed by atoms with Gasteiger partial charge in [-0.1, -0.05) is 176 Å². The highest BCUT2D eigenvalue weighted by molar-refractivity contribution is 5.25. The Morgan fingerprint density at radius 2 is 0.755 bits per heavy atom. The van der Waals surface area contributed by atoms with Gasteiger partial charge in [0.15, 0.2) is 0 Å². The van der Waals surface area contributed by atoms with Crippen LogP contribution in [-0.4, -0.2) is 4.98 Å². The lowest BCUT2D eigenvalue weighted by molar-refractivity contribution is 0.348. The van der Waals surface area contributed by atoms with Gasteiger partial charge in [0.2, 0.25) is 0 Å². The van der Waals surface area contributed by atoms with Crippen molar-refractivity contribution in [3.63, 3.8) is 0 Å². The fraction of sp³-hybridized carbons (Fsp3) is 0.646. The molecule has 3 aromatic rings. The van der Waals surface area contributed by atoms with Crippen molar-refractivity contribution >= 4 is 0 Å². The summed E-state index contributed by atoms with van der Waals surface area (Å²) >= 11 is 0. The minimum atomic E-state index is 0.405. The molecular weight excluding hydrogens is 591 g/mol. The zero-order valence-corrected chi connectivity index (χ0v) is 35.4. The molecule has 1 aliphatic rings. The number of pyridine rings is 1. The summed E-state index contributed by atoms with van der Waals surface area (Å²) in [5.41, 5.74) is 8.84. The van der Waals surface area contributed by atoms with E-state index in [1.165, 1.54) is 66.3 Å².